The van der Waals surface area contributed by atoms with Crippen molar-refractivity contribution in [2.75, 3.05) is 0 Å². The molecule has 0 aromatic rings. The predicted molar refractivity (Wildman–Crippen MR) is 92.7 cm³/mol. The number of allylic oxidation sites excluding steroid dienone is 1. The van der Waals surface area contributed by atoms with Gasteiger partial charge < -0.3 is 5.11 Å². The van der Waals surface area contributed by atoms with Crippen LogP contribution in [0.25, 0.3) is 0 Å². The molecular formula is C18H30O2S. The van der Waals surface area contributed by atoms with Crippen molar-refractivity contribution < 1.29 is 9.90 Å². The van der Waals surface area contributed by atoms with Gasteiger partial charge in [0.2, 0.25) is 5.12 Å². The summed E-state index contributed by atoms with van der Waals surface area (Å²) in [6, 6.07) is 0. The van der Waals surface area contributed by atoms with Gasteiger partial charge in [0.15, 0.2) is 0 Å². The quantitative estimate of drug-likeness (QED) is 0.379. The Morgan fingerprint density at radius 3 is 2.29 bits per heavy atom. The van der Waals surface area contributed by atoms with Crippen molar-refractivity contribution in [1.82, 2.24) is 0 Å². The highest BCUT2D eigenvalue weighted by atomic mass is 32.2. The van der Waals surface area contributed by atoms with Crippen molar-refractivity contribution in [3.8, 4) is 0 Å². The minimum atomic E-state index is -0.405. The van der Waals surface area contributed by atoms with Crippen molar-refractivity contribution in [3.63, 3.8) is 0 Å². The number of aliphatic hydroxyl groups excluding tert-OH is 1. The third-order valence-electron chi connectivity index (χ3n) is 4.21. The molecule has 0 fully saturated rings. The lowest BCUT2D eigenvalue weighted by Gasteiger charge is -2.22. The zero-order valence-corrected chi connectivity index (χ0v) is 14.4. The van der Waals surface area contributed by atoms with Crippen LogP contribution in [0.4, 0.5) is 0 Å². The number of carbonyl (C=O) groups excluding carboxylic acids is 1. The molecule has 1 N–H and O–H groups in total. The van der Waals surface area contributed by atoms with E-state index in [0.717, 1.165) is 12.8 Å². The van der Waals surface area contributed by atoms with Crippen LogP contribution in [0.1, 0.15) is 78.1 Å². The molecule has 0 saturated heterocycles. The van der Waals surface area contributed by atoms with E-state index in [2.05, 4.69) is 13.5 Å². The first-order chi connectivity index (χ1) is 10.0. The summed E-state index contributed by atoms with van der Waals surface area (Å²) in [7, 11) is 0. The van der Waals surface area contributed by atoms with Crippen LogP contribution in [-0.4, -0.2) is 15.0 Å². The molecule has 0 radical (unpaired) electrons. The SMILES string of the molecule is C=CCC1=C(O)[C@@](C)(CCCCCCCCCC)SC1=O. The summed E-state index contributed by atoms with van der Waals surface area (Å²) in [5.74, 6) is 0.292. The van der Waals surface area contributed by atoms with Crippen LogP contribution in [0, 0.1) is 0 Å². The van der Waals surface area contributed by atoms with Gasteiger partial charge in [0.1, 0.15) is 5.76 Å². The van der Waals surface area contributed by atoms with Gasteiger partial charge in [0.25, 0.3) is 0 Å². The second-order valence-corrected chi connectivity index (χ2v) is 7.64. The predicted octanol–water partition coefficient (Wildman–Crippen LogP) is 5.94. The molecule has 0 aliphatic carbocycles. The summed E-state index contributed by atoms with van der Waals surface area (Å²) in [5, 5.41) is 10.3. The maximum absolute atomic E-state index is 11.9. The van der Waals surface area contributed by atoms with E-state index < -0.39 is 4.75 Å². The fourth-order valence-corrected chi connectivity index (χ4v) is 4.00. The van der Waals surface area contributed by atoms with Crippen molar-refractivity contribution in [1.29, 1.82) is 0 Å². The zero-order valence-electron chi connectivity index (χ0n) is 13.6. The van der Waals surface area contributed by atoms with Crippen molar-refractivity contribution >= 4 is 16.9 Å². The fraction of sp³-hybridized carbons (Fsp3) is 0.722. The molecule has 1 heterocycles. The van der Waals surface area contributed by atoms with Gasteiger partial charge in [0, 0.05) is 5.57 Å². The monoisotopic (exact) mass is 310 g/mol. The Morgan fingerprint density at radius 1 is 1.14 bits per heavy atom. The van der Waals surface area contributed by atoms with E-state index in [1.54, 1.807) is 6.08 Å². The van der Waals surface area contributed by atoms with E-state index in [9.17, 15) is 9.90 Å². The van der Waals surface area contributed by atoms with Gasteiger partial charge in [0.05, 0.1) is 4.75 Å². The molecule has 2 nitrogen and oxygen atoms in total. The smallest absolute Gasteiger partial charge is 0.220 e. The summed E-state index contributed by atoms with van der Waals surface area (Å²) >= 11 is 1.29. The third-order valence-corrected chi connectivity index (χ3v) is 5.49. The molecule has 0 spiro atoms. The molecule has 21 heavy (non-hydrogen) atoms. The normalized spacial score (nSPS) is 22.1. The summed E-state index contributed by atoms with van der Waals surface area (Å²) in [5.41, 5.74) is 0.553. The average Bonchev–Trinajstić information content (AvgIpc) is 2.66. The van der Waals surface area contributed by atoms with Gasteiger partial charge in [-0.15, -0.1) is 6.58 Å². The van der Waals surface area contributed by atoms with Gasteiger partial charge in [-0.05, 0) is 19.8 Å². The summed E-state index contributed by atoms with van der Waals surface area (Å²) in [6.45, 7) is 7.88. The molecule has 0 amide bonds. The third kappa shape index (κ3) is 5.54. The first-order valence-electron chi connectivity index (χ1n) is 8.32. The Morgan fingerprint density at radius 2 is 1.71 bits per heavy atom. The maximum atomic E-state index is 11.9. The number of hydrogen-bond donors (Lipinski definition) is 1. The molecule has 0 saturated carbocycles. The maximum Gasteiger partial charge on any atom is 0.220 e. The van der Waals surface area contributed by atoms with E-state index >= 15 is 0 Å². The van der Waals surface area contributed by atoms with Gasteiger partial charge in [-0.3, -0.25) is 4.79 Å². The van der Waals surface area contributed by atoms with Crippen molar-refractivity contribution in [2.24, 2.45) is 0 Å². The van der Waals surface area contributed by atoms with Crippen LogP contribution >= 0.6 is 11.8 Å². The summed E-state index contributed by atoms with van der Waals surface area (Å²) in [4.78, 5) is 11.9. The first-order valence-corrected chi connectivity index (χ1v) is 9.13. The van der Waals surface area contributed by atoms with Crippen molar-refractivity contribution in [3.05, 3.63) is 24.0 Å². The van der Waals surface area contributed by atoms with Crippen LogP contribution < -0.4 is 0 Å². The lowest BCUT2D eigenvalue weighted by atomic mass is 9.96. The van der Waals surface area contributed by atoms with Crippen LogP contribution in [0.15, 0.2) is 24.0 Å². The van der Waals surface area contributed by atoms with Crippen LogP contribution in [0.3, 0.4) is 0 Å². The fourth-order valence-electron chi connectivity index (χ4n) is 2.82. The number of rotatable bonds is 11. The van der Waals surface area contributed by atoms with E-state index in [1.807, 2.05) is 6.92 Å². The molecule has 1 atom stereocenters. The Hall–Kier alpha value is -0.700. The number of aliphatic hydroxyl groups is 1. The van der Waals surface area contributed by atoms with E-state index in [0.29, 0.717) is 17.8 Å². The Balaban J connectivity index is 2.28. The van der Waals surface area contributed by atoms with Gasteiger partial charge >= 0.3 is 0 Å². The molecule has 1 aliphatic heterocycles. The molecule has 3 heteroatoms. The topological polar surface area (TPSA) is 37.3 Å². The minimum Gasteiger partial charge on any atom is -0.510 e. The molecule has 120 valence electrons. The molecule has 0 aromatic heterocycles. The Labute approximate surface area is 134 Å². The van der Waals surface area contributed by atoms with E-state index in [-0.39, 0.29) is 5.12 Å². The van der Waals surface area contributed by atoms with E-state index in [4.69, 9.17) is 0 Å². The highest BCUT2D eigenvalue weighted by Gasteiger charge is 2.42. The lowest BCUT2D eigenvalue weighted by Crippen LogP contribution is -2.20. The lowest BCUT2D eigenvalue weighted by molar-refractivity contribution is -0.107. The largest absolute Gasteiger partial charge is 0.510 e. The number of thioether (sulfide) groups is 1. The van der Waals surface area contributed by atoms with Crippen molar-refractivity contribution in [2.45, 2.75) is 82.8 Å². The standard InChI is InChI=1S/C18H30O2S/c1-4-6-7-8-9-10-11-12-14-18(3)16(19)15(13-5-2)17(20)21-18/h5,19H,2,4,6-14H2,1,3H3/t18-/m1/s1. The van der Waals surface area contributed by atoms with E-state index in [1.165, 1.54) is 56.7 Å². The van der Waals surface area contributed by atoms with Crippen LogP contribution in [0.2, 0.25) is 0 Å². The van der Waals surface area contributed by atoms with Gasteiger partial charge in [-0.2, -0.15) is 0 Å². The number of unbranched alkanes of at least 4 members (excludes halogenated alkanes) is 7. The Kier molecular flexibility index (Phi) is 8.16. The van der Waals surface area contributed by atoms with Crippen LogP contribution in [0.5, 0.6) is 0 Å². The van der Waals surface area contributed by atoms with Crippen LogP contribution in [-0.2, 0) is 4.79 Å². The van der Waals surface area contributed by atoms with Gasteiger partial charge in [-0.1, -0.05) is 76.1 Å². The summed E-state index contributed by atoms with van der Waals surface area (Å²) < 4.78 is -0.405. The first kappa shape index (κ1) is 18.3. The zero-order chi connectivity index (χ0) is 15.7. The Bertz CT molecular complexity index is 387. The number of hydrogen-bond acceptors (Lipinski definition) is 3. The minimum absolute atomic E-state index is 0.0227. The average molecular weight is 311 g/mol. The summed E-state index contributed by atoms with van der Waals surface area (Å²) in [6.07, 6.45) is 13.2. The highest BCUT2D eigenvalue weighted by molar-refractivity contribution is 8.15. The molecule has 1 rings (SSSR count). The highest BCUT2D eigenvalue weighted by Crippen LogP contribution is 2.46. The second-order valence-electron chi connectivity index (χ2n) is 6.17. The number of carbonyl (C=O) groups is 1. The molecule has 0 unspecified atom stereocenters. The second kappa shape index (κ2) is 9.34. The molecular weight excluding hydrogens is 280 g/mol. The molecule has 1 aliphatic rings. The van der Waals surface area contributed by atoms with Gasteiger partial charge in [-0.25, -0.2) is 0 Å². The molecule has 0 bridgehead atoms. The molecule has 0 aromatic carbocycles.